The van der Waals surface area contributed by atoms with Gasteiger partial charge in [-0.15, -0.1) is 0 Å². The van der Waals surface area contributed by atoms with Crippen molar-refractivity contribution in [3.05, 3.63) is 28.8 Å². The Morgan fingerprint density at radius 1 is 1.30 bits per heavy atom. The molecule has 0 bridgehead atoms. The molecule has 0 amide bonds. The lowest BCUT2D eigenvalue weighted by Gasteiger charge is -2.39. The first-order chi connectivity index (χ1) is 12.4. The van der Waals surface area contributed by atoms with Crippen LogP contribution in [0.5, 0.6) is 5.75 Å². The van der Waals surface area contributed by atoms with Crippen molar-refractivity contribution in [2.75, 3.05) is 0 Å². The number of carbonyl (C=O) groups is 2. The highest BCUT2D eigenvalue weighted by Crippen LogP contribution is 2.62. The Hall–Kier alpha value is -1.88. The van der Waals surface area contributed by atoms with Crippen molar-refractivity contribution in [2.24, 2.45) is 17.3 Å². The van der Waals surface area contributed by atoms with Gasteiger partial charge in [0.05, 0.1) is 0 Å². The number of hydrogen-bond donors (Lipinski definition) is 2. The number of aromatic hydroxyl groups is 1. The van der Waals surface area contributed by atoms with E-state index in [1.807, 2.05) is 19.9 Å². The number of aliphatic hydroxyl groups is 1. The molecule has 0 aliphatic heterocycles. The first kappa shape index (κ1) is 19.9. The van der Waals surface area contributed by atoms with Gasteiger partial charge in [-0.25, -0.2) is 0 Å². The predicted molar refractivity (Wildman–Crippen MR) is 101 cm³/mol. The summed E-state index contributed by atoms with van der Waals surface area (Å²) in [6, 6.07) is 3.54. The van der Waals surface area contributed by atoms with Crippen LogP contribution in [0.2, 0.25) is 0 Å². The molecule has 2 aliphatic carbocycles. The van der Waals surface area contributed by atoms with E-state index in [2.05, 4.69) is 13.8 Å². The molecule has 2 N–H and O–H groups in total. The molecule has 1 aromatic carbocycles. The normalized spacial score (nSPS) is 35.6. The number of phenols is 1. The first-order valence-corrected chi connectivity index (χ1v) is 9.69. The van der Waals surface area contributed by atoms with Crippen molar-refractivity contribution in [2.45, 2.75) is 72.0 Å². The summed E-state index contributed by atoms with van der Waals surface area (Å²) in [5, 5.41) is 21.9. The van der Waals surface area contributed by atoms with Gasteiger partial charge in [0.2, 0.25) is 5.78 Å². The van der Waals surface area contributed by atoms with Crippen molar-refractivity contribution in [1.29, 1.82) is 0 Å². The summed E-state index contributed by atoms with van der Waals surface area (Å²) in [5.41, 5.74) is -0.622. The van der Waals surface area contributed by atoms with Crippen LogP contribution in [0.15, 0.2) is 12.1 Å². The number of aryl methyl sites for hydroxylation is 1. The Kier molecular flexibility index (Phi) is 4.66. The van der Waals surface area contributed by atoms with Crippen LogP contribution in [0.4, 0.5) is 0 Å². The molecule has 0 saturated heterocycles. The summed E-state index contributed by atoms with van der Waals surface area (Å²) < 4.78 is 5.54. The van der Waals surface area contributed by atoms with Gasteiger partial charge in [-0.05, 0) is 61.6 Å². The van der Waals surface area contributed by atoms with Crippen molar-refractivity contribution >= 4 is 11.8 Å². The minimum Gasteiger partial charge on any atom is -0.508 e. The summed E-state index contributed by atoms with van der Waals surface area (Å²) >= 11 is 0. The zero-order valence-electron chi connectivity index (χ0n) is 17.0. The smallest absolute Gasteiger partial charge is 0.303 e. The lowest BCUT2D eigenvalue weighted by molar-refractivity contribution is -0.169. The van der Waals surface area contributed by atoms with Gasteiger partial charge >= 0.3 is 5.97 Å². The zero-order chi connectivity index (χ0) is 20.3. The summed E-state index contributed by atoms with van der Waals surface area (Å²) in [7, 11) is 0. The third kappa shape index (κ3) is 2.87. The van der Waals surface area contributed by atoms with Crippen molar-refractivity contribution < 1.29 is 24.5 Å². The molecule has 5 atom stereocenters. The molecular weight excluding hydrogens is 344 g/mol. The van der Waals surface area contributed by atoms with E-state index in [9.17, 15) is 19.8 Å². The van der Waals surface area contributed by atoms with E-state index in [-0.39, 0.29) is 23.1 Å². The first-order valence-electron chi connectivity index (χ1n) is 9.69. The molecule has 1 fully saturated rings. The maximum atomic E-state index is 13.4. The Morgan fingerprint density at radius 3 is 2.48 bits per heavy atom. The fourth-order valence-corrected chi connectivity index (χ4v) is 5.49. The fraction of sp³-hybridized carbons (Fsp3) is 0.636. The Bertz CT molecular complexity index is 794. The van der Waals surface area contributed by atoms with Gasteiger partial charge in [0.1, 0.15) is 5.75 Å². The number of ketones is 1. The topological polar surface area (TPSA) is 83.8 Å². The number of phenolic OH excluding ortho intramolecular Hbond substituents is 1. The van der Waals surface area contributed by atoms with Crippen LogP contribution in [0.25, 0.3) is 0 Å². The second-order valence-electron chi connectivity index (χ2n) is 9.10. The number of carbonyl (C=O) groups excluding carboxylic acids is 2. The Balaban J connectivity index is 2.36. The number of ether oxygens (including phenoxy) is 1. The van der Waals surface area contributed by atoms with Gasteiger partial charge in [-0.3, -0.25) is 9.59 Å². The molecule has 27 heavy (non-hydrogen) atoms. The maximum Gasteiger partial charge on any atom is 0.303 e. The molecule has 5 heteroatoms. The zero-order valence-corrected chi connectivity index (χ0v) is 17.0. The predicted octanol–water partition coefficient (Wildman–Crippen LogP) is 3.58. The van der Waals surface area contributed by atoms with Crippen LogP contribution in [0, 0.1) is 24.2 Å². The third-order valence-corrected chi connectivity index (χ3v) is 6.73. The molecule has 5 nitrogen and oxygen atoms in total. The summed E-state index contributed by atoms with van der Waals surface area (Å²) in [4.78, 5) is 25.2. The summed E-state index contributed by atoms with van der Waals surface area (Å²) in [5.74, 6) is -0.668. The molecule has 0 unspecified atom stereocenters. The van der Waals surface area contributed by atoms with E-state index in [1.54, 1.807) is 6.07 Å². The Labute approximate surface area is 160 Å². The van der Waals surface area contributed by atoms with Crippen LogP contribution in [-0.2, 0) is 19.9 Å². The number of benzene rings is 1. The molecule has 148 valence electrons. The number of hydrogen-bond acceptors (Lipinski definition) is 5. The van der Waals surface area contributed by atoms with Gasteiger partial charge in [0, 0.05) is 17.9 Å². The average molecular weight is 374 g/mol. The van der Waals surface area contributed by atoms with Gasteiger partial charge in [0.15, 0.2) is 11.7 Å². The average Bonchev–Trinajstić information content (AvgIpc) is 2.86. The molecule has 0 spiro atoms. The third-order valence-electron chi connectivity index (χ3n) is 6.73. The second kappa shape index (κ2) is 6.33. The number of fused-ring (bicyclic) bond motifs is 3. The van der Waals surface area contributed by atoms with Gasteiger partial charge in [-0.2, -0.15) is 0 Å². The van der Waals surface area contributed by atoms with E-state index in [1.165, 1.54) is 13.8 Å². The molecule has 0 radical (unpaired) electrons. The largest absolute Gasteiger partial charge is 0.508 e. The van der Waals surface area contributed by atoms with Gasteiger partial charge in [0.25, 0.3) is 0 Å². The minimum atomic E-state index is -1.93. The van der Waals surface area contributed by atoms with Crippen LogP contribution in [-0.4, -0.2) is 28.1 Å². The van der Waals surface area contributed by atoms with E-state index in [4.69, 9.17) is 4.74 Å². The molecule has 1 saturated carbocycles. The highest BCUT2D eigenvalue weighted by atomic mass is 16.5. The highest BCUT2D eigenvalue weighted by molar-refractivity contribution is 5.95. The van der Waals surface area contributed by atoms with Gasteiger partial charge < -0.3 is 14.9 Å². The Morgan fingerprint density at radius 2 is 1.93 bits per heavy atom. The van der Waals surface area contributed by atoms with Crippen LogP contribution in [0.3, 0.4) is 0 Å². The molecule has 0 heterocycles. The summed E-state index contributed by atoms with van der Waals surface area (Å²) in [6.07, 6.45) is 0.569. The minimum absolute atomic E-state index is 0.0800. The fourth-order valence-electron chi connectivity index (χ4n) is 5.49. The maximum absolute atomic E-state index is 13.4. The number of esters is 1. The SMILES string of the molecule is CC(=O)O[C@H]1C(=O)[C@](C)(O)c2c(O)cc(C)cc2[C@H]2[C@@H](C(C)C)CC[C@@]12C. The van der Waals surface area contributed by atoms with Crippen LogP contribution in [0.1, 0.15) is 70.1 Å². The molecule has 1 aromatic rings. The lowest BCUT2D eigenvalue weighted by atomic mass is 9.67. The number of Topliss-reactive ketones (excluding diaryl/α,β-unsaturated/α-hetero) is 1. The standard InChI is InChI=1S/C22H30O5/c1-11(2)14-7-8-21(5)17(14)15-9-12(3)10-16(24)18(15)22(6,26)19(25)20(21)27-13(4)23/h9-11,14,17,20,24,26H,7-8H2,1-6H3/t14-,17-,20+,21-,22-/m1/s1. The molecule has 3 rings (SSSR count). The second-order valence-corrected chi connectivity index (χ2v) is 9.10. The monoisotopic (exact) mass is 374 g/mol. The van der Waals surface area contributed by atoms with Crippen molar-refractivity contribution in [3.8, 4) is 5.75 Å². The van der Waals surface area contributed by atoms with Crippen LogP contribution >= 0.6 is 0 Å². The van der Waals surface area contributed by atoms with E-state index in [0.29, 0.717) is 12.3 Å². The lowest BCUT2D eigenvalue weighted by Crippen LogP contribution is -2.48. The van der Waals surface area contributed by atoms with E-state index in [0.717, 1.165) is 17.5 Å². The van der Waals surface area contributed by atoms with E-state index < -0.39 is 28.9 Å². The van der Waals surface area contributed by atoms with Gasteiger partial charge in [-0.1, -0.05) is 26.8 Å². The summed E-state index contributed by atoms with van der Waals surface area (Å²) in [6.45, 7) is 10.9. The molecular formula is C22H30O5. The van der Waals surface area contributed by atoms with E-state index >= 15 is 0 Å². The highest BCUT2D eigenvalue weighted by Gasteiger charge is 2.61. The number of rotatable bonds is 2. The molecule has 2 aliphatic rings. The quantitative estimate of drug-likeness (QED) is 0.773. The van der Waals surface area contributed by atoms with Crippen molar-refractivity contribution in [1.82, 2.24) is 0 Å². The van der Waals surface area contributed by atoms with Crippen LogP contribution < -0.4 is 0 Å². The molecule has 0 aromatic heterocycles. The van der Waals surface area contributed by atoms with Crippen molar-refractivity contribution in [3.63, 3.8) is 0 Å².